The minimum atomic E-state index is 0.681. The van der Waals surface area contributed by atoms with Crippen LogP contribution in [0.25, 0.3) is 0 Å². The third kappa shape index (κ3) is 3.98. The average Bonchev–Trinajstić information content (AvgIpc) is 2.29. The van der Waals surface area contributed by atoms with E-state index in [-0.39, 0.29) is 0 Å². The normalized spacial score (nSPS) is 21.5. The van der Waals surface area contributed by atoms with Gasteiger partial charge in [0.2, 0.25) is 0 Å². The molecule has 0 aromatic carbocycles. The minimum Gasteiger partial charge on any atom is -0.363 e. The van der Waals surface area contributed by atoms with Gasteiger partial charge in [-0.15, -0.1) is 0 Å². The Morgan fingerprint density at radius 2 is 2.20 bits per heavy atom. The molecule has 1 rings (SSSR count). The van der Waals surface area contributed by atoms with Crippen molar-refractivity contribution in [3.63, 3.8) is 0 Å². The van der Waals surface area contributed by atoms with Crippen LogP contribution in [0, 0.1) is 0 Å². The first kappa shape index (κ1) is 12.8. The lowest BCUT2D eigenvalue weighted by Gasteiger charge is -2.37. The summed E-state index contributed by atoms with van der Waals surface area (Å²) in [6, 6.07) is 0.681. The molecule has 1 atom stereocenters. The second-order valence-corrected chi connectivity index (χ2v) is 4.72. The van der Waals surface area contributed by atoms with E-state index in [1.165, 1.54) is 38.5 Å². The number of nitrogens with one attached hydrogen (secondary N) is 1. The van der Waals surface area contributed by atoms with Crippen LogP contribution in [0.3, 0.4) is 0 Å². The largest absolute Gasteiger partial charge is 0.363 e. The molecule has 88 valence electrons. The van der Waals surface area contributed by atoms with Gasteiger partial charge in [-0.1, -0.05) is 20.3 Å². The van der Waals surface area contributed by atoms with Gasteiger partial charge in [-0.25, -0.2) is 0 Å². The minimum absolute atomic E-state index is 0.681. The molecule has 0 amide bonds. The molecule has 1 fully saturated rings. The fraction of sp³-hybridized carbons (Fsp3) is 0.917. The van der Waals surface area contributed by atoms with Gasteiger partial charge in [0, 0.05) is 19.1 Å². The third-order valence-electron chi connectivity index (χ3n) is 3.17. The number of nitrogens with zero attached hydrogens (tertiary/aromatic N) is 1. The van der Waals surface area contributed by atoms with Gasteiger partial charge in [-0.2, -0.15) is 0 Å². The highest BCUT2D eigenvalue weighted by Gasteiger charge is 2.22. The van der Waals surface area contributed by atoms with Crippen molar-refractivity contribution in [3.8, 4) is 0 Å². The molecule has 15 heavy (non-hydrogen) atoms. The van der Waals surface area contributed by atoms with Crippen molar-refractivity contribution in [2.75, 3.05) is 13.1 Å². The molecule has 1 N–H and O–H groups in total. The maximum atomic E-state index is 5.45. The van der Waals surface area contributed by atoms with Crippen LogP contribution in [0.15, 0.2) is 0 Å². The Morgan fingerprint density at radius 3 is 2.87 bits per heavy atom. The van der Waals surface area contributed by atoms with Crippen molar-refractivity contribution < 1.29 is 0 Å². The molecule has 2 nitrogen and oxygen atoms in total. The number of unbranched alkanes of at least 4 members (excludes halogenated alkanes) is 1. The second-order valence-electron chi connectivity index (χ2n) is 4.34. The zero-order valence-corrected chi connectivity index (χ0v) is 10.9. The van der Waals surface area contributed by atoms with Crippen LogP contribution < -0.4 is 5.32 Å². The number of thiocarbonyl (C=S) groups is 1. The Labute approximate surface area is 99.4 Å². The van der Waals surface area contributed by atoms with Crippen molar-refractivity contribution in [1.82, 2.24) is 10.2 Å². The van der Waals surface area contributed by atoms with E-state index < -0.39 is 0 Å². The molecule has 0 spiro atoms. The molecule has 1 heterocycles. The highest BCUT2D eigenvalue weighted by Crippen LogP contribution is 2.19. The van der Waals surface area contributed by atoms with Gasteiger partial charge in [-0.3, -0.25) is 0 Å². The zero-order chi connectivity index (χ0) is 11.1. The summed E-state index contributed by atoms with van der Waals surface area (Å²) in [4.78, 5) is 2.40. The molecule has 0 saturated carbocycles. The monoisotopic (exact) mass is 228 g/mol. The van der Waals surface area contributed by atoms with Crippen LogP contribution >= 0.6 is 12.2 Å². The molecule has 0 bridgehead atoms. The summed E-state index contributed by atoms with van der Waals surface area (Å²) in [5.74, 6) is 0. The van der Waals surface area contributed by atoms with Crippen LogP contribution in [0.4, 0.5) is 0 Å². The van der Waals surface area contributed by atoms with Crippen molar-refractivity contribution >= 4 is 17.3 Å². The van der Waals surface area contributed by atoms with E-state index in [9.17, 15) is 0 Å². The van der Waals surface area contributed by atoms with E-state index in [4.69, 9.17) is 12.2 Å². The number of hydrogen-bond donors (Lipinski definition) is 1. The van der Waals surface area contributed by atoms with E-state index in [1.54, 1.807) is 0 Å². The van der Waals surface area contributed by atoms with Crippen LogP contribution in [-0.4, -0.2) is 29.1 Å². The number of likely N-dealkylation sites (tertiary alicyclic amines) is 1. The maximum absolute atomic E-state index is 5.45. The predicted octanol–water partition coefficient (Wildman–Crippen LogP) is 2.93. The first-order chi connectivity index (χ1) is 7.29. The van der Waals surface area contributed by atoms with Gasteiger partial charge in [0.15, 0.2) is 5.11 Å². The molecule has 3 heteroatoms. The third-order valence-corrected chi connectivity index (χ3v) is 3.54. The van der Waals surface area contributed by atoms with E-state index in [0.29, 0.717) is 6.04 Å². The lowest BCUT2D eigenvalue weighted by atomic mass is 10.0. The lowest BCUT2D eigenvalue weighted by Crippen LogP contribution is -2.48. The fourth-order valence-corrected chi connectivity index (χ4v) is 2.51. The molecular formula is C12H24N2S. The van der Waals surface area contributed by atoms with Gasteiger partial charge in [0.05, 0.1) is 0 Å². The molecule has 0 aliphatic carbocycles. The van der Waals surface area contributed by atoms with Gasteiger partial charge in [0.25, 0.3) is 0 Å². The first-order valence-corrected chi connectivity index (χ1v) is 6.74. The molecule has 1 saturated heterocycles. The fourth-order valence-electron chi connectivity index (χ4n) is 2.17. The summed E-state index contributed by atoms with van der Waals surface area (Å²) in [5, 5.41) is 4.36. The van der Waals surface area contributed by atoms with Crippen molar-refractivity contribution in [3.05, 3.63) is 0 Å². The summed E-state index contributed by atoms with van der Waals surface area (Å²) in [7, 11) is 0. The summed E-state index contributed by atoms with van der Waals surface area (Å²) < 4.78 is 0. The van der Waals surface area contributed by atoms with Crippen LogP contribution in [0.5, 0.6) is 0 Å². The highest BCUT2D eigenvalue weighted by molar-refractivity contribution is 7.80. The summed E-state index contributed by atoms with van der Waals surface area (Å²) in [6.45, 7) is 6.65. The predicted molar refractivity (Wildman–Crippen MR) is 70.1 cm³/mol. The number of piperidine rings is 1. The molecule has 0 aromatic heterocycles. The average molecular weight is 228 g/mol. The Balaban J connectivity index is 2.34. The van der Waals surface area contributed by atoms with E-state index >= 15 is 0 Å². The van der Waals surface area contributed by atoms with E-state index in [2.05, 4.69) is 24.1 Å². The molecule has 0 aromatic rings. The van der Waals surface area contributed by atoms with Crippen molar-refractivity contribution in [2.45, 2.75) is 58.4 Å². The Kier molecular flexibility index (Phi) is 5.99. The maximum Gasteiger partial charge on any atom is 0.169 e. The standard InChI is InChI=1S/C12H24N2S/c1-3-5-9-13-12(15)14-10-7-6-8-11(14)4-2/h11H,3-10H2,1-2H3,(H,13,15). The second kappa shape index (κ2) is 7.04. The van der Waals surface area contributed by atoms with Crippen molar-refractivity contribution in [1.29, 1.82) is 0 Å². The molecular weight excluding hydrogens is 204 g/mol. The van der Waals surface area contributed by atoms with Gasteiger partial charge in [-0.05, 0) is 44.3 Å². The Bertz CT molecular complexity index is 194. The summed E-state index contributed by atoms with van der Waals surface area (Å²) in [5.41, 5.74) is 0. The van der Waals surface area contributed by atoms with Gasteiger partial charge in [0.1, 0.15) is 0 Å². The number of rotatable bonds is 4. The summed E-state index contributed by atoms with van der Waals surface area (Å²) >= 11 is 5.45. The zero-order valence-electron chi connectivity index (χ0n) is 10.1. The lowest BCUT2D eigenvalue weighted by molar-refractivity contribution is 0.233. The van der Waals surface area contributed by atoms with Crippen LogP contribution in [0.1, 0.15) is 52.4 Å². The number of hydrogen-bond acceptors (Lipinski definition) is 1. The Morgan fingerprint density at radius 1 is 1.40 bits per heavy atom. The van der Waals surface area contributed by atoms with Crippen LogP contribution in [0.2, 0.25) is 0 Å². The topological polar surface area (TPSA) is 15.3 Å². The molecule has 0 radical (unpaired) electrons. The van der Waals surface area contributed by atoms with E-state index in [1.807, 2.05) is 0 Å². The van der Waals surface area contributed by atoms with Gasteiger partial charge >= 0.3 is 0 Å². The summed E-state index contributed by atoms with van der Waals surface area (Å²) in [6.07, 6.45) is 7.64. The Hall–Kier alpha value is -0.310. The molecule has 1 aliphatic heterocycles. The van der Waals surface area contributed by atoms with Gasteiger partial charge < -0.3 is 10.2 Å². The molecule has 1 unspecified atom stereocenters. The smallest absolute Gasteiger partial charge is 0.169 e. The molecule has 1 aliphatic rings. The first-order valence-electron chi connectivity index (χ1n) is 6.34. The van der Waals surface area contributed by atoms with Crippen LogP contribution in [-0.2, 0) is 0 Å². The van der Waals surface area contributed by atoms with Crippen molar-refractivity contribution in [2.24, 2.45) is 0 Å². The SMILES string of the molecule is CCCCNC(=S)N1CCCCC1CC. The highest BCUT2D eigenvalue weighted by atomic mass is 32.1. The quantitative estimate of drug-likeness (QED) is 0.588. The van der Waals surface area contributed by atoms with E-state index in [0.717, 1.165) is 18.2 Å².